The van der Waals surface area contributed by atoms with Gasteiger partial charge in [-0.1, -0.05) is 209 Å². The van der Waals surface area contributed by atoms with Crippen molar-refractivity contribution in [2.24, 2.45) is 0 Å². The lowest BCUT2D eigenvalue weighted by Gasteiger charge is -2.27. The number of rotatable bonds is 70. The second-order valence-electron chi connectivity index (χ2n) is 26.6. The van der Waals surface area contributed by atoms with Crippen molar-refractivity contribution < 1.29 is 76.3 Å². The summed E-state index contributed by atoms with van der Waals surface area (Å²) in [4.78, 5) is 110. The number of hydrogen-bond acceptors (Lipinski definition) is 19. The Morgan fingerprint density at radius 3 is 0.635 bits per heavy atom. The Morgan fingerprint density at radius 1 is 0.240 bits per heavy atom. The van der Waals surface area contributed by atoms with E-state index in [1.54, 1.807) is 0 Å². The van der Waals surface area contributed by atoms with E-state index in [1.807, 2.05) is 44.5 Å². The van der Waals surface area contributed by atoms with Gasteiger partial charge >= 0.3 is 47.8 Å². The number of likely N-dealkylation sites (N-methyl/N-ethyl adjacent to an activating group) is 1. The molecule has 0 radical (unpaired) electrons. The lowest BCUT2D eigenvalue weighted by molar-refractivity contribution is -0.155. The molecule has 562 valence electrons. The van der Waals surface area contributed by atoms with E-state index in [-0.39, 0.29) is 128 Å². The summed E-state index contributed by atoms with van der Waals surface area (Å²) < 4.78 is 44.9. The molecule has 0 aliphatic rings. The van der Waals surface area contributed by atoms with E-state index in [0.29, 0.717) is 26.2 Å². The summed E-state index contributed by atoms with van der Waals surface area (Å²) >= 11 is 0. The van der Waals surface area contributed by atoms with Gasteiger partial charge in [-0.15, -0.1) is 0 Å². The largest absolute Gasteiger partial charge is 0.465 e. The average Bonchev–Trinajstić information content (AvgIpc) is 3.54. The quantitative estimate of drug-likeness (QED) is 0.0314. The maximum Gasteiger partial charge on any atom is 0.309 e. The van der Waals surface area contributed by atoms with Crippen molar-refractivity contribution in [3.63, 3.8) is 0 Å². The smallest absolute Gasteiger partial charge is 0.309 e. The Hall–Kier alpha value is -4.36. The summed E-state index contributed by atoms with van der Waals surface area (Å²) in [5, 5.41) is 0. The van der Waals surface area contributed by atoms with Crippen LogP contribution in [-0.2, 0) is 76.3 Å². The molecule has 0 saturated heterocycles. The molecular weight excluding hydrogens is 1220 g/mol. The van der Waals surface area contributed by atoms with Crippen LogP contribution in [0.3, 0.4) is 0 Å². The van der Waals surface area contributed by atoms with Crippen LogP contribution < -0.4 is 0 Å². The summed E-state index contributed by atoms with van der Waals surface area (Å²) in [6.45, 7) is 19.4. The third-order valence-electron chi connectivity index (χ3n) is 17.9. The average molecular weight is 1370 g/mol. The Labute approximate surface area is 584 Å². The summed E-state index contributed by atoms with van der Waals surface area (Å²) in [6, 6.07) is 0. The van der Waals surface area contributed by atoms with Crippen molar-refractivity contribution >= 4 is 47.8 Å². The molecule has 4 atom stereocenters. The fourth-order valence-corrected chi connectivity index (χ4v) is 11.4. The van der Waals surface area contributed by atoms with Gasteiger partial charge in [0.2, 0.25) is 0 Å². The lowest BCUT2D eigenvalue weighted by atomic mass is 10.1. The zero-order valence-electron chi connectivity index (χ0n) is 62.8. The molecule has 19 heteroatoms. The first kappa shape index (κ1) is 91.6. The monoisotopic (exact) mass is 1370 g/mol. The minimum absolute atomic E-state index is 0.00637. The van der Waals surface area contributed by atoms with Crippen LogP contribution in [0.5, 0.6) is 0 Å². The van der Waals surface area contributed by atoms with Crippen molar-refractivity contribution in [2.45, 2.75) is 362 Å². The standard InChI is InChI=1S/C77H143N3O16/c1-10-18-22-26-30-34-38-42-66(14-5)93-74(85)50-62-89-70(81)46-54-79(55-47-71(82)90-63-51-75(86)94-67(15-6)43-39-35-31-27-23-19-11-2)60-58-78(9)59-61-80(56-48-72(83)91-64-52-76(87)95-68(16-7)44-40-36-32-28-24-20-12-3)57-49-73(84)92-65-53-77(88)96-69(17-8)45-41-37-33-29-25-21-13-4/h66-69H,10-65H2,1-9H3. The highest BCUT2D eigenvalue weighted by molar-refractivity contribution is 5.74. The Morgan fingerprint density at radius 2 is 0.438 bits per heavy atom. The van der Waals surface area contributed by atoms with Crippen molar-refractivity contribution in [2.75, 3.05) is 85.8 Å². The van der Waals surface area contributed by atoms with Gasteiger partial charge in [0, 0.05) is 52.4 Å². The summed E-state index contributed by atoms with van der Waals surface area (Å²) in [7, 11) is 1.93. The van der Waals surface area contributed by atoms with Crippen LogP contribution in [0.2, 0.25) is 0 Å². The van der Waals surface area contributed by atoms with Crippen LogP contribution in [0.1, 0.15) is 338 Å². The molecule has 0 saturated carbocycles. The van der Waals surface area contributed by atoms with Crippen molar-refractivity contribution in [1.29, 1.82) is 0 Å². The van der Waals surface area contributed by atoms with E-state index in [0.717, 1.165) is 103 Å². The Bertz CT molecular complexity index is 1670. The van der Waals surface area contributed by atoms with Gasteiger partial charge in [0.15, 0.2) is 0 Å². The third-order valence-corrected chi connectivity index (χ3v) is 17.9. The second-order valence-corrected chi connectivity index (χ2v) is 26.6. The zero-order chi connectivity index (χ0) is 70.9. The van der Waals surface area contributed by atoms with Gasteiger partial charge in [-0.05, 0) is 84.1 Å². The van der Waals surface area contributed by atoms with E-state index in [1.165, 1.54) is 128 Å². The van der Waals surface area contributed by atoms with Gasteiger partial charge in [0.05, 0.1) is 51.4 Å². The number of ether oxygens (including phenoxy) is 8. The van der Waals surface area contributed by atoms with Crippen LogP contribution in [-0.4, -0.2) is 173 Å². The molecule has 19 nitrogen and oxygen atoms in total. The zero-order valence-corrected chi connectivity index (χ0v) is 62.8. The number of carbonyl (C=O) groups excluding carboxylic acids is 8. The summed E-state index contributed by atoms with van der Waals surface area (Å²) in [5.41, 5.74) is 0. The van der Waals surface area contributed by atoms with Gasteiger partial charge in [0.1, 0.15) is 50.8 Å². The molecule has 0 aromatic rings. The van der Waals surface area contributed by atoms with Crippen LogP contribution >= 0.6 is 0 Å². The topological polar surface area (TPSA) is 220 Å². The van der Waals surface area contributed by atoms with Gasteiger partial charge < -0.3 is 52.6 Å². The fraction of sp³-hybridized carbons (Fsp3) is 0.896. The summed E-state index contributed by atoms with van der Waals surface area (Å²) in [5.74, 6) is -3.52. The predicted octanol–water partition coefficient (Wildman–Crippen LogP) is 16.7. The molecule has 0 fully saturated rings. The third kappa shape index (κ3) is 58.6. The summed E-state index contributed by atoms with van der Waals surface area (Å²) in [6.07, 6.45) is 38.3. The van der Waals surface area contributed by atoms with Crippen LogP contribution in [0.25, 0.3) is 0 Å². The van der Waals surface area contributed by atoms with Gasteiger partial charge in [0.25, 0.3) is 0 Å². The van der Waals surface area contributed by atoms with Gasteiger partial charge in [-0.3, -0.25) is 38.4 Å². The fourth-order valence-electron chi connectivity index (χ4n) is 11.4. The SMILES string of the molecule is CCCCCCCCCC(CC)OC(=O)CCOC(=O)CCN(CCC(=O)OCCC(=O)OC(CC)CCCCCCCCC)CCN(C)CCN(CCC(=O)OCCC(=O)OC(CC)CCCCCCCCC)CCC(=O)OCCC(=O)OC(CC)CCCCCCCCC. The predicted molar refractivity (Wildman–Crippen MR) is 382 cm³/mol. The highest BCUT2D eigenvalue weighted by atomic mass is 16.6. The number of unbranched alkanes of at least 4 members (excludes halogenated alkanes) is 24. The number of nitrogens with zero attached hydrogens (tertiary/aromatic N) is 3. The van der Waals surface area contributed by atoms with E-state index in [2.05, 4.69) is 32.6 Å². The molecule has 0 N–H and O–H groups in total. The highest BCUT2D eigenvalue weighted by Crippen LogP contribution is 2.19. The molecule has 0 bridgehead atoms. The first-order valence-corrected chi connectivity index (χ1v) is 39.1. The molecule has 0 rings (SSSR count). The van der Waals surface area contributed by atoms with Crippen LogP contribution in [0, 0.1) is 0 Å². The van der Waals surface area contributed by atoms with Crippen molar-refractivity contribution in [1.82, 2.24) is 14.7 Å². The van der Waals surface area contributed by atoms with E-state index < -0.39 is 47.8 Å². The minimum Gasteiger partial charge on any atom is -0.465 e. The van der Waals surface area contributed by atoms with Crippen molar-refractivity contribution in [3.8, 4) is 0 Å². The molecule has 96 heavy (non-hydrogen) atoms. The molecule has 0 aliphatic carbocycles. The first-order valence-electron chi connectivity index (χ1n) is 39.1. The highest BCUT2D eigenvalue weighted by Gasteiger charge is 2.21. The Balaban J connectivity index is 5.83. The Kier molecular flexibility index (Phi) is 63.5. The van der Waals surface area contributed by atoms with E-state index in [9.17, 15) is 38.4 Å². The van der Waals surface area contributed by atoms with Crippen LogP contribution in [0.15, 0.2) is 0 Å². The van der Waals surface area contributed by atoms with E-state index >= 15 is 0 Å². The number of carbonyl (C=O) groups is 8. The van der Waals surface area contributed by atoms with Crippen molar-refractivity contribution in [3.05, 3.63) is 0 Å². The second kappa shape index (κ2) is 66.5. The number of esters is 8. The normalized spacial score (nSPS) is 12.7. The van der Waals surface area contributed by atoms with Gasteiger partial charge in [-0.2, -0.15) is 0 Å². The molecule has 0 aliphatic heterocycles. The molecule has 0 spiro atoms. The molecule has 4 unspecified atom stereocenters. The lowest BCUT2D eigenvalue weighted by Crippen LogP contribution is -2.40. The van der Waals surface area contributed by atoms with E-state index in [4.69, 9.17) is 37.9 Å². The molecule has 0 aromatic heterocycles. The maximum atomic E-state index is 13.1. The van der Waals surface area contributed by atoms with Crippen LogP contribution in [0.4, 0.5) is 0 Å². The molecule has 0 aromatic carbocycles. The minimum atomic E-state index is -0.485. The molecular formula is C77H143N3O16. The first-order chi connectivity index (χ1) is 46.5. The number of hydrogen-bond donors (Lipinski definition) is 0. The molecule has 0 amide bonds. The maximum absolute atomic E-state index is 13.1. The van der Waals surface area contributed by atoms with Gasteiger partial charge in [-0.25, -0.2) is 0 Å². The molecule has 0 heterocycles.